The number of aliphatic hydroxyl groups is 11. The van der Waals surface area contributed by atoms with E-state index in [4.69, 9.17) is 28.4 Å². The first-order chi connectivity index (χ1) is 26.0. The maximum Gasteiger partial charge on any atom is 0.314 e. The Morgan fingerprint density at radius 1 is 0.600 bits per heavy atom. The van der Waals surface area contributed by atoms with Crippen molar-refractivity contribution in [3.63, 3.8) is 0 Å². The van der Waals surface area contributed by atoms with E-state index in [0.29, 0.717) is 32.1 Å². The molecule has 18 heteroatoms. The molecule has 7 rings (SSSR count). The first-order valence-corrected chi connectivity index (χ1v) is 19.8. The minimum Gasteiger partial charge on any atom is -0.432 e. The molecule has 7 aliphatic rings. The summed E-state index contributed by atoms with van der Waals surface area (Å²) in [5.41, 5.74) is -2.14. The Bertz CT molecular complexity index is 1370. The molecular formula is C37H60O18. The SMILES string of the molecule is C[C@@]12CCC[C@@](C)(C(=O)O[C@H]3O[C@@H](CO)[C@H](O)[C@@H](O)[C@@H]3O)[C@@H]1CC[C@]13CC[C@](O[C@@H]4O[C@H](CO)[C@@H](O)[C@H](O)[C@@H]4O[C@@H]4O[C@H](CO)[C@@H](O)[C@@H](O)[C@@H]4O)(CC[C@H]12)C3. The fourth-order valence-electron chi connectivity index (χ4n) is 12.0. The van der Waals surface area contributed by atoms with Crippen molar-refractivity contribution in [2.24, 2.45) is 28.1 Å². The number of ether oxygens (including phenoxy) is 6. The van der Waals surface area contributed by atoms with Gasteiger partial charge in [0.1, 0.15) is 73.2 Å². The van der Waals surface area contributed by atoms with Gasteiger partial charge in [-0.1, -0.05) is 13.3 Å². The van der Waals surface area contributed by atoms with E-state index in [1.165, 1.54) is 0 Å². The molecule has 0 aromatic carbocycles. The Hall–Kier alpha value is -1.17. The number of hydrogen-bond acceptors (Lipinski definition) is 18. The van der Waals surface area contributed by atoms with Crippen LogP contribution in [0.1, 0.15) is 78.1 Å². The van der Waals surface area contributed by atoms with Gasteiger partial charge in [0.2, 0.25) is 6.29 Å². The van der Waals surface area contributed by atoms with Crippen molar-refractivity contribution in [1.29, 1.82) is 0 Å². The van der Waals surface area contributed by atoms with E-state index in [1.807, 2.05) is 6.92 Å². The summed E-state index contributed by atoms with van der Waals surface area (Å²) in [6.45, 7) is 2.15. The fourth-order valence-corrected chi connectivity index (χ4v) is 12.0. The van der Waals surface area contributed by atoms with Gasteiger partial charge in [-0.15, -0.1) is 0 Å². The minimum atomic E-state index is -1.78. The first kappa shape index (κ1) is 42.0. The van der Waals surface area contributed by atoms with Crippen LogP contribution in [0.3, 0.4) is 0 Å². The van der Waals surface area contributed by atoms with Crippen LogP contribution in [-0.2, 0) is 33.2 Å². The predicted molar refractivity (Wildman–Crippen MR) is 182 cm³/mol. The summed E-state index contributed by atoms with van der Waals surface area (Å²) in [5, 5.41) is 114. The molecule has 0 unspecified atom stereocenters. The molecule has 3 saturated heterocycles. The van der Waals surface area contributed by atoms with Gasteiger partial charge in [-0.2, -0.15) is 0 Å². The summed E-state index contributed by atoms with van der Waals surface area (Å²) in [6, 6.07) is 0. The number of rotatable bonds is 9. The minimum absolute atomic E-state index is 0.0873. The monoisotopic (exact) mass is 792 g/mol. The summed E-state index contributed by atoms with van der Waals surface area (Å²) < 4.78 is 35.5. The van der Waals surface area contributed by atoms with Gasteiger partial charge in [-0.25, -0.2) is 0 Å². The van der Waals surface area contributed by atoms with Crippen molar-refractivity contribution in [2.45, 2.75) is 176 Å². The van der Waals surface area contributed by atoms with Crippen LogP contribution < -0.4 is 0 Å². The molecule has 21 atom stereocenters. The normalized spacial score (nSPS) is 55.3. The quantitative estimate of drug-likeness (QED) is 0.0814. The predicted octanol–water partition coefficient (Wildman–Crippen LogP) is -3.10. The van der Waals surface area contributed by atoms with Crippen LogP contribution in [0.15, 0.2) is 0 Å². The number of hydrogen-bond donors (Lipinski definition) is 11. The highest BCUT2D eigenvalue weighted by Crippen LogP contribution is 2.73. The second kappa shape index (κ2) is 15.5. The van der Waals surface area contributed by atoms with E-state index in [-0.39, 0.29) is 22.7 Å². The first-order valence-electron chi connectivity index (χ1n) is 19.8. The zero-order chi connectivity index (χ0) is 39.8. The molecule has 3 aliphatic heterocycles. The molecule has 4 aliphatic carbocycles. The molecule has 7 fully saturated rings. The van der Waals surface area contributed by atoms with Gasteiger partial charge >= 0.3 is 5.97 Å². The van der Waals surface area contributed by atoms with Crippen LogP contribution in [0.4, 0.5) is 0 Å². The second-order valence-corrected chi connectivity index (χ2v) is 17.9. The lowest BCUT2D eigenvalue weighted by Gasteiger charge is -2.64. The fraction of sp³-hybridized carbons (Fsp3) is 0.973. The van der Waals surface area contributed by atoms with Crippen molar-refractivity contribution in [3.05, 3.63) is 0 Å². The molecule has 2 bridgehead atoms. The maximum atomic E-state index is 14.1. The Kier molecular flexibility index (Phi) is 11.8. The van der Waals surface area contributed by atoms with Crippen LogP contribution in [-0.4, -0.2) is 180 Å². The molecule has 4 saturated carbocycles. The summed E-state index contributed by atoms with van der Waals surface area (Å²) in [5.74, 6) is -0.456. The number of carbonyl (C=O) groups is 1. The number of esters is 1. The van der Waals surface area contributed by atoms with Crippen molar-refractivity contribution >= 4 is 5.97 Å². The molecule has 0 radical (unpaired) electrons. The van der Waals surface area contributed by atoms with Gasteiger partial charge in [0.25, 0.3) is 0 Å². The number of carbonyl (C=O) groups excluding carboxylic acids is 1. The topological polar surface area (TPSA) is 295 Å². The Balaban J connectivity index is 1.08. The van der Waals surface area contributed by atoms with E-state index in [9.17, 15) is 61.0 Å². The molecule has 11 N–H and O–H groups in total. The van der Waals surface area contributed by atoms with Gasteiger partial charge in [0.05, 0.1) is 30.8 Å². The molecule has 3 heterocycles. The summed E-state index contributed by atoms with van der Waals surface area (Å²) in [6.07, 6.45) is -16.1. The average molecular weight is 793 g/mol. The van der Waals surface area contributed by atoms with Gasteiger partial charge in [-0.3, -0.25) is 4.79 Å². The molecule has 55 heavy (non-hydrogen) atoms. The van der Waals surface area contributed by atoms with Crippen molar-refractivity contribution in [3.8, 4) is 0 Å². The third kappa shape index (κ3) is 6.88. The standard InChI is InChI=1S/C37H60O18/c1-34-6-3-7-35(2,33(49)54-31-28(48)25(45)22(42)17(13-39)51-31)19(34)4-8-36-10-11-37(15-36,9-5-20(34)36)55-32-29(26(46)23(43)18(14-40)52-32)53-30-27(47)24(44)21(41)16(12-38)50-30/h16-32,38-48H,3-15H2,1-2H3/t16-,17+,18-,19-,20+,21-,22+,23-,24-,25-,26+,27+,28+,29+,30+,31-,32+,34-,35-,36-,37-/m1/s1. The lowest BCUT2D eigenvalue weighted by Crippen LogP contribution is -2.65. The van der Waals surface area contributed by atoms with Crippen LogP contribution in [0.5, 0.6) is 0 Å². The van der Waals surface area contributed by atoms with Crippen molar-refractivity contribution in [1.82, 2.24) is 0 Å². The largest absolute Gasteiger partial charge is 0.432 e. The third-order valence-corrected chi connectivity index (χ3v) is 15.0. The van der Waals surface area contributed by atoms with Gasteiger partial charge in [-0.05, 0) is 87.4 Å². The van der Waals surface area contributed by atoms with Crippen molar-refractivity contribution in [2.75, 3.05) is 19.8 Å². The highest BCUT2D eigenvalue weighted by atomic mass is 16.8. The van der Waals surface area contributed by atoms with Gasteiger partial charge in [0, 0.05) is 0 Å². The Morgan fingerprint density at radius 3 is 1.76 bits per heavy atom. The highest BCUT2D eigenvalue weighted by molar-refractivity contribution is 5.77. The lowest BCUT2D eigenvalue weighted by molar-refractivity contribution is -0.380. The molecule has 0 amide bonds. The zero-order valence-corrected chi connectivity index (χ0v) is 31.3. The molecule has 18 nitrogen and oxygen atoms in total. The van der Waals surface area contributed by atoms with E-state index >= 15 is 0 Å². The summed E-state index contributed by atoms with van der Waals surface area (Å²) in [7, 11) is 0. The van der Waals surface area contributed by atoms with E-state index < -0.39 is 129 Å². The molecule has 316 valence electrons. The van der Waals surface area contributed by atoms with Crippen LogP contribution in [0, 0.1) is 28.1 Å². The second-order valence-electron chi connectivity index (χ2n) is 17.9. The summed E-state index contributed by atoms with van der Waals surface area (Å²) in [4.78, 5) is 14.1. The highest BCUT2D eigenvalue weighted by Gasteiger charge is 2.68. The van der Waals surface area contributed by atoms with Gasteiger partial charge in [0.15, 0.2) is 12.6 Å². The third-order valence-electron chi connectivity index (χ3n) is 15.0. The molecule has 0 aromatic rings. The molecule has 0 aromatic heterocycles. The molecular weight excluding hydrogens is 732 g/mol. The Morgan fingerprint density at radius 2 is 1.15 bits per heavy atom. The van der Waals surface area contributed by atoms with Crippen LogP contribution >= 0.6 is 0 Å². The zero-order valence-electron chi connectivity index (χ0n) is 31.3. The van der Waals surface area contributed by atoms with Crippen LogP contribution in [0.25, 0.3) is 0 Å². The van der Waals surface area contributed by atoms with E-state index in [2.05, 4.69) is 6.92 Å². The van der Waals surface area contributed by atoms with E-state index in [1.54, 1.807) is 0 Å². The van der Waals surface area contributed by atoms with Crippen LogP contribution in [0.2, 0.25) is 0 Å². The smallest absolute Gasteiger partial charge is 0.314 e. The summed E-state index contributed by atoms with van der Waals surface area (Å²) >= 11 is 0. The Labute approximate surface area is 318 Å². The lowest BCUT2D eigenvalue weighted by atomic mass is 9.41. The maximum absolute atomic E-state index is 14.1. The number of fused-ring (bicyclic) bond motifs is 3. The van der Waals surface area contributed by atoms with E-state index in [0.717, 1.165) is 32.1 Å². The number of aliphatic hydroxyl groups excluding tert-OH is 11. The average Bonchev–Trinajstić information content (AvgIpc) is 3.43. The van der Waals surface area contributed by atoms with Crippen molar-refractivity contribution < 1.29 is 89.4 Å². The molecule has 1 spiro atoms. The van der Waals surface area contributed by atoms with Gasteiger partial charge < -0.3 is 84.6 Å².